The van der Waals surface area contributed by atoms with E-state index in [1.165, 1.54) is 16.9 Å². The molecular formula is C15H15N3OS. The number of imidazole rings is 1. The maximum Gasteiger partial charge on any atom is 0.196 e. The van der Waals surface area contributed by atoms with E-state index in [0.717, 1.165) is 30.2 Å². The van der Waals surface area contributed by atoms with Crippen molar-refractivity contribution in [2.45, 2.75) is 13.5 Å². The predicted molar refractivity (Wildman–Crippen MR) is 81.6 cm³/mol. The molecule has 0 saturated heterocycles. The summed E-state index contributed by atoms with van der Waals surface area (Å²) in [7, 11) is 0. The maximum absolute atomic E-state index is 11.4. The quantitative estimate of drug-likeness (QED) is 0.675. The van der Waals surface area contributed by atoms with Gasteiger partial charge < -0.3 is 4.90 Å². The molecule has 0 unspecified atom stereocenters. The first-order valence-corrected chi connectivity index (χ1v) is 7.41. The third-order valence-corrected chi connectivity index (χ3v) is 4.05. The number of anilines is 1. The average molecular weight is 285 g/mol. The van der Waals surface area contributed by atoms with Gasteiger partial charge in [0.05, 0.1) is 0 Å². The van der Waals surface area contributed by atoms with Gasteiger partial charge in [-0.1, -0.05) is 30.3 Å². The second kappa shape index (κ2) is 5.46. The molecule has 5 heteroatoms. The van der Waals surface area contributed by atoms with Crippen LogP contribution in [0.1, 0.15) is 23.0 Å². The Balaban J connectivity index is 1.98. The molecule has 0 aliphatic rings. The Labute approximate surface area is 121 Å². The van der Waals surface area contributed by atoms with Gasteiger partial charge in [0.1, 0.15) is 5.69 Å². The number of aromatic nitrogens is 2. The number of aldehydes is 1. The van der Waals surface area contributed by atoms with Crippen molar-refractivity contribution < 1.29 is 4.79 Å². The number of benzene rings is 1. The maximum atomic E-state index is 11.4. The third kappa shape index (κ3) is 2.20. The summed E-state index contributed by atoms with van der Waals surface area (Å²) in [5.74, 6) is 0.762. The van der Waals surface area contributed by atoms with Gasteiger partial charge in [-0.3, -0.25) is 9.20 Å². The molecule has 2 heterocycles. The fourth-order valence-corrected chi connectivity index (χ4v) is 2.99. The SMILES string of the molecule is CCN(Cc1ccccc1)c1nc2sccn2c1C=O. The zero-order valence-corrected chi connectivity index (χ0v) is 12.0. The Hall–Kier alpha value is -2.14. The molecule has 3 aromatic rings. The van der Waals surface area contributed by atoms with Gasteiger partial charge in [0.2, 0.25) is 0 Å². The minimum Gasteiger partial charge on any atom is -0.351 e. The lowest BCUT2D eigenvalue weighted by Crippen LogP contribution is -2.23. The number of rotatable bonds is 5. The summed E-state index contributed by atoms with van der Waals surface area (Å²) in [6.07, 6.45) is 2.77. The van der Waals surface area contributed by atoms with Crippen molar-refractivity contribution in [1.29, 1.82) is 0 Å². The van der Waals surface area contributed by atoms with Crippen LogP contribution < -0.4 is 4.90 Å². The Morgan fingerprint density at radius 1 is 1.35 bits per heavy atom. The second-order valence-electron chi connectivity index (χ2n) is 4.49. The number of thiazole rings is 1. The molecule has 0 N–H and O–H groups in total. The largest absolute Gasteiger partial charge is 0.351 e. The normalized spacial score (nSPS) is 10.8. The number of nitrogens with zero attached hydrogens (tertiary/aromatic N) is 3. The van der Waals surface area contributed by atoms with E-state index in [0.29, 0.717) is 5.69 Å². The van der Waals surface area contributed by atoms with Gasteiger partial charge in [0, 0.05) is 24.7 Å². The molecule has 0 saturated carbocycles. The zero-order chi connectivity index (χ0) is 13.9. The van der Waals surface area contributed by atoms with Crippen LogP contribution in [0.3, 0.4) is 0 Å². The summed E-state index contributed by atoms with van der Waals surface area (Å²) in [6, 6.07) is 10.2. The monoisotopic (exact) mass is 285 g/mol. The average Bonchev–Trinajstić information content (AvgIpc) is 3.06. The number of carbonyl (C=O) groups is 1. The molecular weight excluding hydrogens is 270 g/mol. The standard InChI is InChI=1S/C15H15N3OS/c1-2-17(10-12-6-4-3-5-7-12)14-13(11-19)18-8-9-20-15(18)16-14/h3-9,11H,2,10H2,1H3. The van der Waals surface area contributed by atoms with Crippen molar-refractivity contribution >= 4 is 28.4 Å². The molecule has 1 aromatic carbocycles. The molecule has 0 amide bonds. The van der Waals surface area contributed by atoms with Crippen LogP contribution in [-0.2, 0) is 6.54 Å². The van der Waals surface area contributed by atoms with Gasteiger partial charge in [-0.15, -0.1) is 11.3 Å². The number of hydrogen-bond acceptors (Lipinski definition) is 4. The van der Waals surface area contributed by atoms with Crippen LogP contribution in [0.25, 0.3) is 4.96 Å². The van der Waals surface area contributed by atoms with Crippen molar-refractivity contribution in [1.82, 2.24) is 9.38 Å². The Morgan fingerprint density at radius 2 is 2.15 bits per heavy atom. The van der Waals surface area contributed by atoms with Crippen molar-refractivity contribution in [3.05, 3.63) is 53.2 Å². The highest BCUT2D eigenvalue weighted by molar-refractivity contribution is 7.15. The van der Waals surface area contributed by atoms with E-state index >= 15 is 0 Å². The summed E-state index contributed by atoms with van der Waals surface area (Å²) in [5, 5.41) is 1.94. The second-order valence-corrected chi connectivity index (χ2v) is 5.37. The van der Waals surface area contributed by atoms with E-state index in [2.05, 4.69) is 28.9 Å². The highest BCUT2D eigenvalue weighted by atomic mass is 32.1. The summed E-state index contributed by atoms with van der Waals surface area (Å²) in [6.45, 7) is 3.63. The van der Waals surface area contributed by atoms with Crippen LogP contribution in [0.2, 0.25) is 0 Å². The highest BCUT2D eigenvalue weighted by Crippen LogP contribution is 2.24. The van der Waals surface area contributed by atoms with E-state index < -0.39 is 0 Å². The Kier molecular flexibility index (Phi) is 3.52. The summed E-state index contributed by atoms with van der Waals surface area (Å²) < 4.78 is 1.85. The van der Waals surface area contributed by atoms with Crippen molar-refractivity contribution in [2.75, 3.05) is 11.4 Å². The van der Waals surface area contributed by atoms with E-state index in [1.54, 1.807) is 0 Å². The molecule has 0 spiro atoms. The van der Waals surface area contributed by atoms with Crippen molar-refractivity contribution in [2.24, 2.45) is 0 Å². The van der Waals surface area contributed by atoms with Crippen LogP contribution in [0, 0.1) is 0 Å². The van der Waals surface area contributed by atoms with E-state index in [4.69, 9.17) is 0 Å². The van der Waals surface area contributed by atoms with Gasteiger partial charge in [-0.25, -0.2) is 4.98 Å². The minimum atomic E-state index is 0.624. The Bertz CT molecular complexity index is 717. The topological polar surface area (TPSA) is 37.6 Å². The lowest BCUT2D eigenvalue weighted by molar-refractivity contribution is 0.111. The van der Waals surface area contributed by atoms with Crippen LogP contribution in [-0.4, -0.2) is 22.2 Å². The van der Waals surface area contributed by atoms with E-state index in [9.17, 15) is 4.79 Å². The first kappa shape index (κ1) is 12.9. The molecule has 0 aliphatic heterocycles. The number of hydrogen-bond donors (Lipinski definition) is 0. The van der Waals surface area contributed by atoms with Gasteiger partial charge in [0.15, 0.2) is 17.1 Å². The molecule has 2 aromatic heterocycles. The molecule has 4 nitrogen and oxygen atoms in total. The van der Waals surface area contributed by atoms with Crippen molar-refractivity contribution in [3.8, 4) is 0 Å². The van der Waals surface area contributed by atoms with Crippen molar-refractivity contribution in [3.63, 3.8) is 0 Å². The van der Waals surface area contributed by atoms with Gasteiger partial charge >= 0.3 is 0 Å². The Morgan fingerprint density at radius 3 is 2.85 bits per heavy atom. The van der Waals surface area contributed by atoms with E-state index in [1.807, 2.05) is 34.2 Å². The zero-order valence-electron chi connectivity index (χ0n) is 11.2. The van der Waals surface area contributed by atoms with Crippen LogP contribution in [0.5, 0.6) is 0 Å². The highest BCUT2D eigenvalue weighted by Gasteiger charge is 2.17. The fraction of sp³-hybridized carbons (Fsp3) is 0.200. The minimum absolute atomic E-state index is 0.624. The van der Waals surface area contributed by atoms with E-state index in [-0.39, 0.29) is 0 Å². The molecule has 0 aliphatic carbocycles. The number of carbonyl (C=O) groups excluding carboxylic acids is 1. The molecule has 0 radical (unpaired) electrons. The van der Waals surface area contributed by atoms with Crippen LogP contribution >= 0.6 is 11.3 Å². The van der Waals surface area contributed by atoms with Gasteiger partial charge in [0.25, 0.3) is 0 Å². The molecule has 0 fully saturated rings. The van der Waals surface area contributed by atoms with Gasteiger partial charge in [-0.2, -0.15) is 0 Å². The predicted octanol–water partition coefficient (Wildman–Crippen LogP) is 3.23. The van der Waals surface area contributed by atoms with Gasteiger partial charge in [-0.05, 0) is 12.5 Å². The summed E-state index contributed by atoms with van der Waals surface area (Å²) in [4.78, 5) is 19.0. The lowest BCUT2D eigenvalue weighted by atomic mass is 10.2. The first-order chi connectivity index (χ1) is 9.83. The van der Waals surface area contributed by atoms with Crippen LogP contribution in [0.15, 0.2) is 41.9 Å². The lowest BCUT2D eigenvalue weighted by Gasteiger charge is -2.21. The summed E-state index contributed by atoms with van der Waals surface area (Å²) >= 11 is 1.54. The molecule has 0 atom stereocenters. The number of fused-ring (bicyclic) bond motifs is 1. The van der Waals surface area contributed by atoms with Crippen LogP contribution in [0.4, 0.5) is 5.82 Å². The first-order valence-electron chi connectivity index (χ1n) is 6.53. The molecule has 0 bridgehead atoms. The smallest absolute Gasteiger partial charge is 0.196 e. The summed E-state index contributed by atoms with van der Waals surface area (Å²) in [5.41, 5.74) is 1.83. The molecule has 3 rings (SSSR count). The fourth-order valence-electron chi connectivity index (χ4n) is 2.27. The molecule has 102 valence electrons. The third-order valence-electron chi connectivity index (χ3n) is 3.29. The molecule has 20 heavy (non-hydrogen) atoms.